The third kappa shape index (κ3) is 7.51. The Labute approximate surface area is 181 Å². The van der Waals surface area contributed by atoms with Crippen LogP contribution in [0.4, 0.5) is 0 Å². The highest BCUT2D eigenvalue weighted by Gasteiger charge is 2.29. The van der Waals surface area contributed by atoms with Gasteiger partial charge < -0.3 is 4.74 Å². The minimum Gasteiger partial charge on any atom is -0.378 e. The fourth-order valence-electron chi connectivity index (χ4n) is 3.89. The Morgan fingerprint density at radius 2 is 1.61 bits per heavy atom. The summed E-state index contributed by atoms with van der Waals surface area (Å²) in [5, 5.41) is 0. The highest BCUT2D eigenvalue weighted by Crippen LogP contribution is 2.22. The average Bonchev–Trinajstić information content (AvgIpc) is 3.11. The summed E-state index contributed by atoms with van der Waals surface area (Å²) < 4.78 is 5.62. The van der Waals surface area contributed by atoms with Crippen LogP contribution in [0.3, 0.4) is 0 Å². The van der Waals surface area contributed by atoms with Crippen LogP contribution in [0.5, 0.6) is 0 Å². The first-order valence-corrected chi connectivity index (χ1v) is 11.4. The Morgan fingerprint density at radius 3 is 2.32 bits per heavy atom. The average molecular weight is 422 g/mol. The number of halogens is 1. The minimum atomic E-state index is 0. The molecule has 1 fully saturated rings. The second-order valence-corrected chi connectivity index (χ2v) is 9.62. The minimum absolute atomic E-state index is 0. The van der Waals surface area contributed by atoms with Crippen LogP contribution in [0.25, 0.3) is 0 Å². The summed E-state index contributed by atoms with van der Waals surface area (Å²) in [6.45, 7) is 8.67. The molecule has 0 unspecified atom stereocenters. The Bertz CT molecular complexity index is 670. The van der Waals surface area contributed by atoms with Crippen molar-refractivity contribution in [3.05, 3.63) is 57.8 Å². The van der Waals surface area contributed by atoms with Crippen LogP contribution in [-0.4, -0.2) is 36.7 Å². The third-order valence-electron chi connectivity index (χ3n) is 5.62. The Hall–Kier alpha value is -0.870. The maximum atomic E-state index is 5.62. The first kappa shape index (κ1) is 23.4. The molecule has 0 bridgehead atoms. The summed E-state index contributed by atoms with van der Waals surface area (Å²) in [6.07, 6.45) is 8.84. The van der Waals surface area contributed by atoms with Crippen molar-refractivity contribution in [2.75, 3.05) is 26.3 Å². The highest BCUT2D eigenvalue weighted by molar-refractivity contribution is 7.11. The Kier molecular flexibility index (Phi) is 10.0. The second kappa shape index (κ2) is 12.0. The van der Waals surface area contributed by atoms with Crippen LogP contribution in [0.15, 0.2) is 42.5 Å². The summed E-state index contributed by atoms with van der Waals surface area (Å²) in [5.74, 6) is 0. The number of thiophene rings is 1. The number of hydrogen-bond acceptors (Lipinski definition) is 3. The van der Waals surface area contributed by atoms with Crippen LogP contribution in [-0.2, 0) is 24.0 Å². The maximum Gasteiger partial charge on any atom is 0.0645 e. The van der Waals surface area contributed by atoms with Gasteiger partial charge in [-0.1, -0.05) is 36.8 Å². The van der Waals surface area contributed by atoms with Crippen LogP contribution in [0.1, 0.15) is 54.8 Å². The van der Waals surface area contributed by atoms with Gasteiger partial charge in [-0.2, -0.15) is 0 Å². The zero-order chi connectivity index (χ0) is 19.0. The molecule has 156 valence electrons. The zero-order valence-electron chi connectivity index (χ0n) is 17.5. The van der Waals surface area contributed by atoms with Gasteiger partial charge in [0.25, 0.3) is 0 Å². The zero-order valence-corrected chi connectivity index (χ0v) is 19.1. The van der Waals surface area contributed by atoms with E-state index in [4.69, 9.17) is 4.74 Å². The lowest BCUT2D eigenvalue weighted by atomic mass is 10.0. The van der Waals surface area contributed by atoms with Gasteiger partial charge in [0.1, 0.15) is 0 Å². The van der Waals surface area contributed by atoms with Gasteiger partial charge in [-0.15, -0.1) is 23.7 Å². The summed E-state index contributed by atoms with van der Waals surface area (Å²) in [7, 11) is 0. The molecule has 2 nitrogen and oxygen atoms in total. The molecular weight excluding hydrogens is 386 g/mol. The van der Waals surface area contributed by atoms with E-state index in [2.05, 4.69) is 61.2 Å². The first-order chi connectivity index (χ1) is 13.1. The number of ether oxygens (including phenoxy) is 1. The van der Waals surface area contributed by atoms with Gasteiger partial charge in [0.15, 0.2) is 0 Å². The monoisotopic (exact) mass is 421 g/mol. The van der Waals surface area contributed by atoms with Crippen molar-refractivity contribution in [3.8, 4) is 0 Å². The quantitative estimate of drug-likeness (QED) is 0.425. The lowest BCUT2D eigenvalue weighted by molar-refractivity contribution is -0.0513. The first-order valence-electron chi connectivity index (χ1n) is 10.6. The largest absolute Gasteiger partial charge is 0.378 e. The molecule has 4 heteroatoms. The lowest BCUT2D eigenvalue weighted by Crippen LogP contribution is -2.53. The topological polar surface area (TPSA) is 12.5 Å². The van der Waals surface area contributed by atoms with Crippen LogP contribution >= 0.6 is 23.7 Å². The number of aryl methyl sites for hydroxylation is 3. The third-order valence-corrected chi connectivity index (χ3v) is 6.82. The summed E-state index contributed by atoms with van der Waals surface area (Å²) in [6, 6.07) is 15.5. The van der Waals surface area contributed by atoms with Crippen molar-refractivity contribution < 1.29 is 4.74 Å². The predicted octanol–water partition coefficient (Wildman–Crippen LogP) is 6.17. The predicted molar refractivity (Wildman–Crippen MR) is 124 cm³/mol. The highest BCUT2D eigenvalue weighted by atomic mass is 35.5. The number of rotatable bonds is 10. The van der Waals surface area contributed by atoms with Gasteiger partial charge in [0.2, 0.25) is 0 Å². The molecule has 0 amide bonds. The fraction of sp³-hybridized carbons (Fsp3) is 0.583. The van der Waals surface area contributed by atoms with E-state index in [0.29, 0.717) is 0 Å². The molecular formula is C24H36ClNOS. The molecule has 1 aromatic heterocycles. The number of nitrogens with zero attached hydrogens (tertiary/aromatic N) is 1. The van der Waals surface area contributed by atoms with Crippen LogP contribution < -0.4 is 0 Å². The van der Waals surface area contributed by atoms with Gasteiger partial charge in [0, 0.05) is 21.8 Å². The van der Waals surface area contributed by atoms with Crippen molar-refractivity contribution in [1.29, 1.82) is 0 Å². The Balaban J connectivity index is 0.00000280. The Morgan fingerprint density at radius 1 is 0.893 bits per heavy atom. The SMILES string of the molecule is CC1(C)COCCN1CCCCCc1ccc(CCCc2ccccc2)s1.Cl. The number of benzene rings is 1. The molecule has 28 heavy (non-hydrogen) atoms. The molecule has 0 N–H and O–H groups in total. The van der Waals surface area contributed by atoms with Crippen molar-refractivity contribution in [3.63, 3.8) is 0 Å². The van der Waals surface area contributed by atoms with Crippen molar-refractivity contribution in [1.82, 2.24) is 4.90 Å². The van der Waals surface area contributed by atoms with Crippen molar-refractivity contribution in [2.24, 2.45) is 0 Å². The van der Waals surface area contributed by atoms with E-state index in [1.807, 2.05) is 11.3 Å². The van der Waals surface area contributed by atoms with E-state index in [1.165, 1.54) is 57.1 Å². The fourth-order valence-corrected chi connectivity index (χ4v) is 4.99. The molecule has 1 aromatic carbocycles. The second-order valence-electron chi connectivity index (χ2n) is 8.37. The van der Waals surface area contributed by atoms with E-state index < -0.39 is 0 Å². The van der Waals surface area contributed by atoms with Gasteiger partial charge in [0.05, 0.1) is 13.2 Å². The molecule has 0 aliphatic carbocycles. The lowest BCUT2D eigenvalue weighted by Gasteiger charge is -2.42. The van der Waals surface area contributed by atoms with E-state index >= 15 is 0 Å². The summed E-state index contributed by atoms with van der Waals surface area (Å²) in [4.78, 5) is 5.72. The molecule has 2 aromatic rings. The van der Waals surface area contributed by atoms with Crippen molar-refractivity contribution >= 4 is 23.7 Å². The molecule has 3 rings (SSSR count). The molecule has 0 saturated carbocycles. The molecule has 0 spiro atoms. The van der Waals surface area contributed by atoms with Gasteiger partial charge in [-0.3, -0.25) is 4.90 Å². The number of unbranched alkanes of at least 4 members (excludes halogenated alkanes) is 2. The molecule has 1 saturated heterocycles. The van der Waals surface area contributed by atoms with E-state index in [-0.39, 0.29) is 17.9 Å². The number of hydrogen-bond donors (Lipinski definition) is 0. The van der Waals surface area contributed by atoms with Crippen LogP contribution in [0, 0.1) is 0 Å². The van der Waals surface area contributed by atoms with Gasteiger partial charge in [-0.05, 0) is 76.6 Å². The van der Waals surface area contributed by atoms with E-state index in [0.717, 1.165) is 19.8 Å². The van der Waals surface area contributed by atoms with Crippen LogP contribution in [0.2, 0.25) is 0 Å². The normalized spacial score (nSPS) is 16.6. The molecule has 0 radical (unpaired) electrons. The van der Waals surface area contributed by atoms with Gasteiger partial charge >= 0.3 is 0 Å². The maximum absolute atomic E-state index is 5.62. The van der Waals surface area contributed by atoms with Gasteiger partial charge in [-0.25, -0.2) is 0 Å². The smallest absolute Gasteiger partial charge is 0.0645 e. The summed E-state index contributed by atoms with van der Waals surface area (Å²) in [5.41, 5.74) is 1.67. The molecule has 1 aliphatic rings. The van der Waals surface area contributed by atoms with Crippen molar-refractivity contribution in [2.45, 2.75) is 64.3 Å². The standard InChI is InChI=1S/C24H35NOS.ClH/c1-24(2)20-26-19-18-25(24)17-8-4-7-13-22-15-16-23(27-22)14-9-12-21-10-5-3-6-11-21;/h3,5-6,10-11,15-16H,4,7-9,12-14,17-20H2,1-2H3;1H. The molecule has 0 atom stereocenters. The van der Waals surface area contributed by atoms with E-state index in [1.54, 1.807) is 9.75 Å². The molecule has 2 heterocycles. The molecule has 1 aliphatic heterocycles. The number of morpholine rings is 1. The summed E-state index contributed by atoms with van der Waals surface area (Å²) >= 11 is 2.03. The van der Waals surface area contributed by atoms with E-state index in [9.17, 15) is 0 Å².